The summed E-state index contributed by atoms with van der Waals surface area (Å²) in [4.78, 5) is 7.04. The zero-order chi connectivity index (χ0) is 18.6. The van der Waals surface area contributed by atoms with Crippen LogP contribution in [0, 0.1) is 0 Å². The van der Waals surface area contributed by atoms with E-state index >= 15 is 0 Å². The molecule has 26 heavy (non-hydrogen) atoms. The molecule has 0 saturated carbocycles. The Bertz CT molecular complexity index is 564. The Balaban J connectivity index is 1.72. The Morgan fingerprint density at radius 2 is 2.04 bits per heavy atom. The van der Waals surface area contributed by atoms with E-state index < -0.39 is 0 Å². The first-order chi connectivity index (χ1) is 12.7. The number of aromatic nitrogens is 3. The molecule has 1 aliphatic heterocycles. The van der Waals surface area contributed by atoms with Gasteiger partial charge in [0.2, 0.25) is 0 Å². The number of nitrogens with one attached hydrogen (secondary N) is 2. The molecule has 0 aliphatic carbocycles. The third-order valence-electron chi connectivity index (χ3n) is 4.21. The summed E-state index contributed by atoms with van der Waals surface area (Å²) in [5.74, 6) is 1.84. The summed E-state index contributed by atoms with van der Waals surface area (Å²) >= 11 is 0. The minimum atomic E-state index is 0.631. The molecule has 0 spiro atoms. The minimum absolute atomic E-state index is 0.631. The molecule has 0 unspecified atom stereocenters. The van der Waals surface area contributed by atoms with Crippen molar-refractivity contribution in [2.45, 2.75) is 33.2 Å². The van der Waals surface area contributed by atoms with E-state index in [-0.39, 0.29) is 0 Å². The average Bonchev–Trinajstić information content (AvgIpc) is 3.11. The fourth-order valence-corrected chi connectivity index (χ4v) is 2.76. The molecule has 0 radical (unpaired) electrons. The van der Waals surface area contributed by atoms with Crippen molar-refractivity contribution in [2.24, 2.45) is 4.99 Å². The highest BCUT2D eigenvalue weighted by Crippen LogP contribution is 1.98. The average molecular weight is 364 g/mol. The molecule has 1 fully saturated rings. The number of ether oxygens (including phenoxy) is 1. The number of hydrogen-bond donors (Lipinski definition) is 2. The Morgan fingerprint density at radius 1 is 1.27 bits per heavy atom. The van der Waals surface area contributed by atoms with E-state index in [4.69, 9.17) is 4.74 Å². The van der Waals surface area contributed by atoms with Gasteiger partial charge in [-0.05, 0) is 19.9 Å². The Hall–Kier alpha value is -1.93. The third kappa shape index (κ3) is 7.53. The van der Waals surface area contributed by atoms with Crippen LogP contribution in [-0.2, 0) is 17.7 Å². The number of rotatable bonds is 10. The highest BCUT2D eigenvalue weighted by atomic mass is 16.5. The molecule has 2 rings (SSSR count). The van der Waals surface area contributed by atoms with Gasteiger partial charge in [0, 0.05) is 39.1 Å². The maximum Gasteiger partial charge on any atom is 0.191 e. The molecule has 2 heterocycles. The molecule has 0 aromatic carbocycles. The number of morpholine rings is 1. The lowest BCUT2D eigenvalue weighted by molar-refractivity contribution is 0.0376. The standard InChI is InChI=1S/C18H33N7O/c1-4-17-23-22-15-25(17)9-7-20-18(21-14-16(2)3)19-6-5-8-24-10-12-26-13-11-24/h15H,2,4-14H2,1,3H3,(H2,19,20,21). The van der Waals surface area contributed by atoms with Crippen LogP contribution in [0.4, 0.5) is 0 Å². The van der Waals surface area contributed by atoms with Gasteiger partial charge in [-0.15, -0.1) is 10.2 Å². The maximum atomic E-state index is 5.38. The van der Waals surface area contributed by atoms with Crippen molar-refractivity contribution in [3.05, 3.63) is 24.3 Å². The van der Waals surface area contributed by atoms with E-state index in [9.17, 15) is 0 Å². The first kappa shape index (κ1) is 20.4. The summed E-state index contributed by atoms with van der Waals surface area (Å²) in [7, 11) is 0. The van der Waals surface area contributed by atoms with Gasteiger partial charge in [-0.3, -0.25) is 4.90 Å². The number of aliphatic imine (C=N–C) groups is 1. The van der Waals surface area contributed by atoms with Gasteiger partial charge in [0.25, 0.3) is 0 Å². The zero-order valence-corrected chi connectivity index (χ0v) is 16.2. The van der Waals surface area contributed by atoms with Crippen molar-refractivity contribution in [1.29, 1.82) is 0 Å². The summed E-state index contributed by atoms with van der Waals surface area (Å²) in [5.41, 5.74) is 1.05. The molecule has 8 nitrogen and oxygen atoms in total. The molecule has 2 N–H and O–H groups in total. The number of nitrogens with zero attached hydrogens (tertiary/aromatic N) is 5. The SMILES string of the molecule is C=C(C)CN=C(NCCCN1CCOCC1)NCCn1cnnc1CC. The van der Waals surface area contributed by atoms with Crippen LogP contribution in [0.2, 0.25) is 0 Å². The monoisotopic (exact) mass is 363 g/mol. The summed E-state index contributed by atoms with van der Waals surface area (Å²) in [6.07, 6.45) is 3.75. The normalized spacial score (nSPS) is 15.8. The molecule has 1 saturated heterocycles. The number of aryl methyl sites for hydroxylation is 1. The van der Waals surface area contributed by atoms with Crippen molar-refractivity contribution in [2.75, 3.05) is 52.5 Å². The lowest BCUT2D eigenvalue weighted by Crippen LogP contribution is -2.41. The van der Waals surface area contributed by atoms with Crippen LogP contribution in [-0.4, -0.2) is 78.1 Å². The van der Waals surface area contributed by atoms with Gasteiger partial charge in [0.15, 0.2) is 5.96 Å². The van der Waals surface area contributed by atoms with Gasteiger partial charge >= 0.3 is 0 Å². The van der Waals surface area contributed by atoms with E-state index in [0.717, 1.165) is 82.7 Å². The number of hydrogen-bond acceptors (Lipinski definition) is 5. The lowest BCUT2D eigenvalue weighted by Gasteiger charge is -2.26. The van der Waals surface area contributed by atoms with Crippen molar-refractivity contribution < 1.29 is 4.74 Å². The quantitative estimate of drug-likeness (QED) is 0.275. The van der Waals surface area contributed by atoms with E-state index in [2.05, 4.69) is 48.8 Å². The second kappa shape index (κ2) is 11.6. The molecule has 8 heteroatoms. The molecular weight excluding hydrogens is 330 g/mol. The van der Waals surface area contributed by atoms with Gasteiger partial charge in [-0.2, -0.15) is 0 Å². The lowest BCUT2D eigenvalue weighted by atomic mass is 10.3. The van der Waals surface area contributed by atoms with Gasteiger partial charge in [-0.1, -0.05) is 19.1 Å². The second-order valence-corrected chi connectivity index (χ2v) is 6.58. The topological polar surface area (TPSA) is 79.6 Å². The first-order valence-electron chi connectivity index (χ1n) is 9.52. The van der Waals surface area contributed by atoms with Crippen LogP contribution >= 0.6 is 0 Å². The van der Waals surface area contributed by atoms with E-state index in [1.165, 1.54) is 0 Å². The van der Waals surface area contributed by atoms with Crippen molar-refractivity contribution in [1.82, 2.24) is 30.3 Å². The summed E-state index contributed by atoms with van der Waals surface area (Å²) in [6.45, 7) is 16.0. The van der Waals surface area contributed by atoms with Crippen LogP contribution in [0.15, 0.2) is 23.5 Å². The molecular formula is C18H33N7O. The first-order valence-corrected chi connectivity index (χ1v) is 9.52. The largest absolute Gasteiger partial charge is 0.379 e. The fourth-order valence-electron chi connectivity index (χ4n) is 2.76. The van der Waals surface area contributed by atoms with Gasteiger partial charge in [0.1, 0.15) is 12.2 Å². The van der Waals surface area contributed by atoms with Crippen LogP contribution in [0.25, 0.3) is 0 Å². The smallest absolute Gasteiger partial charge is 0.191 e. The summed E-state index contributed by atoms with van der Waals surface area (Å²) < 4.78 is 7.46. The molecule has 1 aromatic heterocycles. The van der Waals surface area contributed by atoms with Gasteiger partial charge in [-0.25, -0.2) is 4.99 Å². The van der Waals surface area contributed by atoms with Crippen molar-refractivity contribution in [3.63, 3.8) is 0 Å². The number of guanidine groups is 1. The van der Waals surface area contributed by atoms with Crippen molar-refractivity contribution in [3.8, 4) is 0 Å². The second-order valence-electron chi connectivity index (χ2n) is 6.58. The Morgan fingerprint density at radius 3 is 2.77 bits per heavy atom. The minimum Gasteiger partial charge on any atom is -0.379 e. The predicted octanol–water partition coefficient (Wildman–Crippen LogP) is 0.674. The molecule has 1 aliphatic rings. The van der Waals surface area contributed by atoms with Gasteiger partial charge < -0.3 is 19.9 Å². The van der Waals surface area contributed by atoms with Crippen LogP contribution in [0.1, 0.15) is 26.1 Å². The van der Waals surface area contributed by atoms with Gasteiger partial charge in [0.05, 0.1) is 19.8 Å². The third-order valence-corrected chi connectivity index (χ3v) is 4.21. The van der Waals surface area contributed by atoms with Crippen molar-refractivity contribution >= 4 is 5.96 Å². The Labute approximate surface area is 156 Å². The molecule has 0 bridgehead atoms. The van der Waals surface area contributed by atoms with Crippen LogP contribution in [0.5, 0.6) is 0 Å². The zero-order valence-electron chi connectivity index (χ0n) is 16.2. The van der Waals surface area contributed by atoms with E-state index in [1.807, 2.05) is 6.92 Å². The van der Waals surface area contributed by atoms with E-state index in [0.29, 0.717) is 6.54 Å². The maximum absolute atomic E-state index is 5.38. The highest BCUT2D eigenvalue weighted by molar-refractivity contribution is 5.79. The Kier molecular flexibility index (Phi) is 9.13. The fraction of sp³-hybridized carbons (Fsp3) is 0.722. The van der Waals surface area contributed by atoms with Crippen LogP contribution < -0.4 is 10.6 Å². The summed E-state index contributed by atoms with van der Waals surface area (Å²) in [5, 5.41) is 14.9. The molecule has 0 atom stereocenters. The van der Waals surface area contributed by atoms with E-state index in [1.54, 1.807) is 6.33 Å². The van der Waals surface area contributed by atoms with Crippen LogP contribution in [0.3, 0.4) is 0 Å². The highest BCUT2D eigenvalue weighted by Gasteiger charge is 2.09. The molecule has 146 valence electrons. The molecule has 1 aromatic rings. The summed E-state index contributed by atoms with van der Waals surface area (Å²) in [6, 6.07) is 0. The predicted molar refractivity (Wildman–Crippen MR) is 104 cm³/mol. The molecule has 0 amide bonds.